The van der Waals surface area contributed by atoms with E-state index in [0.29, 0.717) is 12.0 Å². The second kappa shape index (κ2) is 6.35. The summed E-state index contributed by atoms with van der Waals surface area (Å²) in [5.41, 5.74) is 5.90. The molecule has 0 saturated carbocycles. The van der Waals surface area contributed by atoms with Crippen LogP contribution in [0, 0.1) is 5.41 Å². The lowest BCUT2D eigenvalue weighted by atomic mass is 9.88. The van der Waals surface area contributed by atoms with Crippen LogP contribution in [0.3, 0.4) is 0 Å². The molecule has 4 N–H and O–H groups in total. The molecule has 0 aromatic heterocycles. The quantitative estimate of drug-likeness (QED) is 0.552. The zero-order valence-electron chi connectivity index (χ0n) is 9.14. The molecule has 0 aromatic rings. The van der Waals surface area contributed by atoms with Crippen LogP contribution in [0.15, 0.2) is 0 Å². The third-order valence-electron chi connectivity index (χ3n) is 2.17. The van der Waals surface area contributed by atoms with Crippen molar-refractivity contribution in [1.82, 2.24) is 5.32 Å². The summed E-state index contributed by atoms with van der Waals surface area (Å²) in [6.07, 6.45) is 2.43. The first-order chi connectivity index (χ1) is 6.02. The van der Waals surface area contributed by atoms with Gasteiger partial charge in [0.15, 0.2) is 0 Å². The van der Waals surface area contributed by atoms with Crippen molar-refractivity contribution >= 4 is 0 Å². The number of hydrogen-bond donors (Lipinski definition) is 3. The average molecular weight is 188 g/mol. The first-order valence-corrected chi connectivity index (χ1v) is 5.09. The lowest BCUT2D eigenvalue weighted by Gasteiger charge is -2.25. The van der Waals surface area contributed by atoms with Crippen LogP contribution in [0.1, 0.15) is 33.6 Å². The maximum Gasteiger partial charge on any atom is 0.0594 e. The molecule has 0 bridgehead atoms. The van der Waals surface area contributed by atoms with E-state index in [0.717, 1.165) is 6.54 Å². The van der Waals surface area contributed by atoms with Gasteiger partial charge in [0.05, 0.1) is 6.61 Å². The summed E-state index contributed by atoms with van der Waals surface area (Å²) in [5, 5.41) is 12.0. The van der Waals surface area contributed by atoms with Crippen LogP contribution in [-0.2, 0) is 0 Å². The van der Waals surface area contributed by atoms with Crippen molar-refractivity contribution < 1.29 is 5.11 Å². The molecule has 3 nitrogen and oxygen atoms in total. The molecular weight excluding hydrogens is 164 g/mol. The first kappa shape index (κ1) is 12.9. The smallest absolute Gasteiger partial charge is 0.0594 e. The Kier molecular flexibility index (Phi) is 6.29. The minimum absolute atomic E-state index is 0.0568. The zero-order chi connectivity index (χ0) is 10.3. The Morgan fingerprint density at radius 3 is 2.54 bits per heavy atom. The molecule has 13 heavy (non-hydrogen) atoms. The monoisotopic (exact) mass is 188 g/mol. The summed E-state index contributed by atoms with van der Waals surface area (Å²) in [6.45, 7) is 8.41. The minimum Gasteiger partial charge on any atom is -0.395 e. The van der Waals surface area contributed by atoms with E-state index in [9.17, 15) is 0 Å². The van der Waals surface area contributed by atoms with Crippen LogP contribution < -0.4 is 11.1 Å². The summed E-state index contributed by atoms with van der Waals surface area (Å²) in [5.74, 6) is 0. The van der Waals surface area contributed by atoms with Crippen LogP contribution in [0.4, 0.5) is 0 Å². The number of aliphatic hydroxyl groups is 1. The van der Waals surface area contributed by atoms with Gasteiger partial charge in [-0.15, -0.1) is 0 Å². The molecule has 1 atom stereocenters. The van der Waals surface area contributed by atoms with Crippen molar-refractivity contribution in [3.8, 4) is 0 Å². The van der Waals surface area contributed by atoms with E-state index in [1.165, 1.54) is 12.8 Å². The van der Waals surface area contributed by atoms with Gasteiger partial charge in [-0.2, -0.15) is 0 Å². The molecule has 0 heterocycles. The van der Waals surface area contributed by atoms with Gasteiger partial charge in [-0.25, -0.2) is 0 Å². The van der Waals surface area contributed by atoms with E-state index in [2.05, 4.69) is 26.1 Å². The zero-order valence-corrected chi connectivity index (χ0v) is 9.14. The van der Waals surface area contributed by atoms with E-state index in [4.69, 9.17) is 10.8 Å². The molecular formula is C10H24N2O. The van der Waals surface area contributed by atoms with Crippen molar-refractivity contribution in [2.24, 2.45) is 11.1 Å². The highest BCUT2D eigenvalue weighted by Crippen LogP contribution is 2.20. The Bertz CT molecular complexity index is 126. The Morgan fingerprint density at radius 1 is 1.46 bits per heavy atom. The highest BCUT2D eigenvalue weighted by Gasteiger charge is 2.15. The highest BCUT2D eigenvalue weighted by molar-refractivity contribution is 4.72. The minimum atomic E-state index is -0.127. The van der Waals surface area contributed by atoms with Crippen LogP contribution in [0.25, 0.3) is 0 Å². The third-order valence-corrected chi connectivity index (χ3v) is 2.17. The second-order valence-electron chi connectivity index (χ2n) is 4.49. The van der Waals surface area contributed by atoms with Crippen molar-refractivity contribution in [1.29, 1.82) is 0 Å². The summed E-state index contributed by atoms with van der Waals surface area (Å²) >= 11 is 0. The number of nitrogens with two attached hydrogens (primary N) is 1. The second-order valence-corrected chi connectivity index (χ2v) is 4.49. The lowest BCUT2D eigenvalue weighted by Crippen LogP contribution is -2.40. The van der Waals surface area contributed by atoms with Crippen molar-refractivity contribution in [2.45, 2.75) is 39.7 Å². The van der Waals surface area contributed by atoms with Gasteiger partial charge in [0.2, 0.25) is 0 Å². The van der Waals surface area contributed by atoms with Gasteiger partial charge >= 0.3 is 0 Å². The molecule has 0 fully saturated rings. The van der Waals surface area contributed by atoms with E-state index in [1.807, 2.05) is 0 Å². The Morgan fingerprint density at radius 2 is 2.08 bits per heavy atom. The van der Waals surface area contributed by atoms with Gasteiger partial charge in [-0.1, -0.05) is 27.2 Å². The fraction of sp³-hybridized carbons (Fsp3) is 1.00. The number of nitrogens with one attached hydrogen (secondary N) is 1. The lowest BCUT2D eigenvalue weighted by molar-refractivity contribution is 0.251. The molecule has 3 heteroatoms. The normalized spacial score (nSPS) is 14.5. The molecule has 0 rings (SSSR count). The molecule has 0 aliphatic rings. The van der Waals surface area contributed by atoms with Crippen molar-refractivity contribution in [3.05, 3.63) is 0 Å². The predicted octanol–water partition coefficient (Wildman–Crippen LogP) is 0.722. The molecule has 0 radical (unpaired) electrons. The Hall–Kier alpha value is -0.120. The van der Waals surface area contributed by atoms with Gasteiger partial charge in [0, 0.05) is 19.1 Å². The first-order valence-electron chi connectivity index (χ1n) is 5.09. The van der Waals surface area contributed by atoms with Gasteiger partial charge in [0.25, 0.3) is 0 Å². The van der Waals surface area contributed by atoms with Gasteiger partial charge in [0.1, 0.15) is 0 Å². The number of rotatable bonds is 7. The number of aliphatic hydroxyl groups excluding tert-OH is 1. The van der Waals surface area contributed by atoms with Crippen molar-refractivity contribution in [2.75, 3.05) is 19.7 Å². The average Bonchev–Trinajstić information content (AvgIpc) is 2.03. The van der Waals surface area contributed by atoms with Gasteiger partial charge in [-0.3, -0.25) is 0 Å². The van der Waals surface area contributed by atoms with E-state index < -0.39 is 0 Å². The summed E-state index contributed by atoms with van der Waals surface area (Å²) in [7, 11) is 0. The van der Waals surface area contributed by atoms with Crippen molar-refractivity contribution in [3.63, 3.8) is 0 Å². The molecule has 0 amide bonds. The Balaban J connectivity index is 3.50. The summed E-state index contributed by atoms with van der Waals surface area (Å²) in [4.78, 5) is 0. The predicted molar refractivity (Wildman–Crippen MR) is 56.6 cm³/mol. The molecule has 0 aromatic carbocycles. The van der Waals surface area contributed by atoms with Gasteiger partial charge in [-0.05, 0) is 11.8 Å². The van der Waals surface area contributed by atoms with E-state index >= 15 is 0 Å². The molecule has 0 aliphatic carbocycles. The van der Waals surface area contributed by atoms with E-state index in [-0.39, 0.29) is 12.6 Å². The molecule has 80 valence electrons. The fourth-order valence-electron chi connectivity index (χ4n) is 1.43. The maximum absolute atomic E-state index is 8.70. The maximum atomic E-state index is 8.70. The third kappa shape index (κ3) is 6.99. The number of hydrogen-bond acceptors (Lipinski definition) is 3. The largest absolute Gasteiger partial charge is 0.395 e. The molecule has 0 spiro atoms. The summed E-state index contributed by atoms with van der Waals surface area (Å²) < 4.78 is 0. The topological polar surface area (TPSA) is 58.3 Å². The summed E-state index contributed by atoms with van der Waals surface area (Å²) in [6, 6.07) is -0.127. The van der Waals surface area contributed by atoms with Crippen LogP contribution in [0.2, 0.25) is 0 Å². The Labute approximate surface area is 81.7 Å². The molecule has 0 aliphatic heterocycles. The van der Waals surface area contributed by atoms with Crippen LogP contribution >= 0.6 is 0 Å². The van der Waals surface area contributed by atoms with Crippen LogP contribution in [0.5, 0.6) is 0 Å². The van der Waals surface area contributed by atoms with Gasteiger partial charge < -0.3 is 16.2 Å². The standard InChI is InChI=1S/C10H24N2O/c1-4-5-10(2,3)8-12-6-9(11)7-13/h9,12-13H,4-8,11H2,1-3H3. The fourth-order valence-corrected chi connectivity index (χ4v) is 1.43. The molecule has 0 saturated heterocycles. The molecule has 1 unspecified atom stereocenters. The van der Waals surface area contributed by atoms with Crippen LogP contribution in [-0.4, -0.2) is 30.8 Å². The highest BCUT2D eigenvalue weighted by atomic mass is 16.3. The van der Waals surface area contributed by atoms with E-state index in [1.54, 1.807) is 0 Å². The SMILES string of the molecule is CCCC(C)(C)CNCC(N)CO.